The number of carbonyl (C=O) groups excluding carboxylic acids is 1. The van der Waals surface area contributed by atoms with E-state index in [4.69, 9.17) is 4.74 Å². The summed E-state index contributed by atoms with van der Waals surface area (Å²) in [5, 5.41) is 2.48. The van der Waals surface area contributed by atoms with Gasteiger partial charge in [-0.1, -0.05) is 60.7 Å². The van der Waals surface area contributed by atoms with Crippen molar-refractivity contribution in [3.63, 3.8) is 0 Å². The zero-order valence-electron chi connectivity index (χ0n) is 14.8. The number of rotatable bonds is 6. The van der Waals surface area contributed by atoms with E-state index in [9.17, 15) is 13.6 Å². The minimum absolute atomic E-state index is 0.0815. The highest BCUT2D eigenvalue weighted by Crippen LogP contribution is 2.32. The van der Waals surface area contributed by atoms with Gasteiger partial charge in [-0.05, 0) is 29.3 Å². The lowest BCUT2D eigenvalue weighted by atomic mass is 10.1. The molecule has 0 fully saturated rings. The average Bonchev–Trinajstić information content (AvgIpc) is 2.67. The highest BCUT2D eigenvalue weighted by molar-refractivity contribution is 5.92. The Morgan fingerprint density at radius 2 is 1.48 bits per heavy atom. The summed E-state index contributed by atoms with van der Waals surface area (Å²) in [6, 6.07) is 23.0. The third-order valence-electron chi connectivity index (χ3n) is 4.01. The SMILES string of the molecule is CC(F)(F)c1ccccc1NC(=O)COc1ccc(-c2ccccc2)cc1. The molecule has 3 aromatic rings. The van der Waals surface area contributed by atoms with Crippen LogP contribution in [-0.4, -0.2) is 12.5 Å². The first-order valence-electron chi connectivity index (χ1n) is 8.49. The first kappa shape index (κ1) is 18.6. The molecule has 27 heavy (non-hydrogen) atoms. The maximum Gasteiger partial charge on any atom is 0.272 e. The Morgan fingerprint density at radius 3 is 2.15 bits per heavy atom. The number of halogens is 2. The fourth-order valence-corrected chi connectivity index (χ4v) is 2.68. The van der Waals surface area contributed by atoms with Crippen LogP contribution in [0.4, 0.5) is 14.5 Å². The number of amides is 1. The summed E-state index contributed by atoms with van der Waals surface area (Å²) >= 11 is 0. The van der Waals surface area contributed by atoms with Gasteiger partial charge in [0, 0.05) is 18.2 Å². The molecule has 3 nitrogen and oxygen atoms in total. The molecule has 0 spiro atoms. The first-order valence-corrected chi connectivity index (χ1v) is 8.49. The molecule has 138 valence electrons. The van der Waals surface area contributed by atoms with Crippen molar-refractivity contribution in [2.45, 2.75) is 12.8 Å². The summed E-state index contributed by atoms with van der Waals surface area (Å²) in [6.07, 6.45) is 0. The van der Waals surface area contributed by atoms with Gasteiger partial charge >= 0.3 is 0 Å². The van der Waals surface area contributed by atoms with Crippen molar-refractivity contribution in [2.75, 3.05) is 11.9 Å². The molecule has 0 heterocycles. The van der Waals surface area contributed by atoms with E-state index in [0.717, 1.165) is 18.1 Å². The van der Waals surface area contributed by atoms with Crippen molar-refractivity contribution in [3.8, 4) is 16.9 Å². The summed E-state index contributed by atoms with van der Waals surface area (Å²) in [5.41, 5.74) is 1.97. The van der Waals surface area contributed by atoms with E-state index in [0.29, 0.717) is 5.75 Å². The van der Waals surface area contributed by atoms with E-state index < -0.39 is 11.8 Å². The fourth-order valence-electron chi connectivity index (χ4n) is 2.68. The third kappa shape index (κ3) is 4.91. The number of anilines is 1. The van der Waals surface area contributed by atoms with Crippen molar-refractivity contribution in [1.29, 1.82) is 0 Å². The molecule has 0 aliphatic heterocycles. The van der Waals surface area contributed by atoms with Crippen LogP contribution in [0.25, 0.3) is 11.1 Å². The van der Waals surface area contributed by atoms with Crippen molar-refractivity contribution in [2.24, 2.45) is 0 Å². The van der Waals surface area contributed by atoms with Crippen LogP contribution in [0, 0.1) is 0 Å². The molecule has 0 aliphatic rings. The molecule has 0 aliphatic carbocycles. The second kappa shape index (κ2) is 7.99. The number of ether oxygens (including phenoxy) is 1. The number of hydrogen-bond acceptors (Lipinski definition) is 2. The van der Waals surface area contributed by atoms with Crippen LogP contribution < -0.4 is 10.1 Å². The van der Waals surface area contributed by atoms with E-state index in [2.05, 4.69) is 5.32 Å². The summed E-state index contributed by atoms with van der Waals surface area (Å²) in [4.78, 5) is 12.1. The molecule has 3 aromatic carbocycles. The van der Waals surface area contributed by atoms with E-state index in [-0.39, 0.29) is 17.9 Å². The standard InChI is InChI=1S/C22H19F2NO2/c1-22(23,24)19-9-5-6-10-20(19)25-21(26)15-27-18-13-11-17(12-14-18)16-7-3-2-4-8-16/h2-14H,15H2,1H3,(H,25,26). The Morgan fingerprint density at radius 1 is 0.889 bits per heavy atom. The van der Waals surface area contributed by atoms with Gasteiger partial charge in [0.05, 0.1) is 0 Å². The molecular weight excluding hydrogens is 348 g/mol. The Kier molecular flexibility index (Phi) is 5.50. The van der Waals surface area contributed by atoms with Crippen LogP contribution in [0.3, 0.4) is 0 Å². The number of carbonyl (C=O) groups is 1. The Balaban J connectivity index is 1.60. The van der Waals surface area contributed by atoms with Gasteiger partial charge in [0.25, 0.3) is 11.8 Å². The van der Waals surface area contributed by atoms with Gasteiger partial charge in [0.2, 0.25) is 0 Å². The summed E-state index contributed by atoms with van der Waals surface area (Å²) in [7, 11) is 0. The van der Waals surface area contributed by atoms with E-state index in [1.807, 2.05) is 42.5 Å². The monoisotopic (exact) mass is 367 g/mol. The fraction of sp³-hybridized carbons (Fsp3) is 0.136. The molecule has 0 saturated carbocycles. The molecule has 5 heteroatoms. The molecule has 1 amide bonds. The molecule has 0 aromatic heterocycles. The van der Waals surface area contributed by atoms with Gasteiger partial charge in [0.15, 0.2) is 6.61 Å². The Labute approximate surface area is 156 Å². The van der Waals surface area contributed by atoms with Gasteiger partial charge in [-0.3, -0.25) is 4.79 Å². The maximum absolute atomic E-state index is 13.6. The van der Waals surface area contributed by atoms with Crippen LogP contribution in [-0.2, 0) is 10.7 Å². The number of alkyl halides is 2. The van der Waals surface area contributed by atoms with Gasteiger partial charge in [-0.2, -0.15) is 0 Å². The van der Waals surface area contributed by atoms with Crippen LogP contribution in [0.2, 0.25) is 0 Å². The van der Waals surface area contributed by atoms with Crippen molar-refractivity contribution in [1.82, 2.24) is 0 Å². The topological polar surface area (TPSA) is 38.3 Å². The molecule has 0 radical (unpaired) electrons. The first-order chi connectivity index (χ1) is 12.9. The Hall–Kier alpha value is -3.21. The van der Waals surface area contributed by atoms with Crippen molar-refractivity contribution >= 4 is 11.6 Å². The minimum Gasteiger partial charge on any atom is -0.484 e. The summed E-state index contributed by atoms with van der Waals surface area (Å²) < 4.78 is 32.7. The zero-order valence-corrected chi connectivity index (χ0v) is 14.8. The molecule has 3 rings (SSSR count). The Bertz CT molecular complexity index is 904. The molecular formula is C22H19F2NO2. The van der Waals surface area contributed by atoms with Crippen LogP contribution in [0.15, 0.2) is 78.9 Å². The predicted octanol–water partition coefficient (Wildman–Crippen LogP) is 5.48. The number of para-hydroxylation sites is 1. The van der Waals surface area contributed by atoms with Crippen LogP contribution >= 0.6 is 0 Å². The van der Waals surface area contributed by atoms with Gasteiger partial charge in [0.1, 0.15) is 5.75 Å². The molecule has 0 atom stereocenters. The lowest BCUT2D eigenvalue weighted by Gasteiger charge is -2.16. The van der Waals surface area contributed by atoms with Crippen molar-refractivity contribution in [3.05, 3.63) is 84.4 Å². The number of hydrogen-bond donors (Lipinski definition) is 1. The highest BCUT2D eigenvalue weighted by atomic mass is 19.3. The van der Waals surface area contributed by atoms with Gasteiger partial charge in [-0.25, -0.2) is 8.78 Å². The zero-order chi connectivity index (χ0) is 19.3. The van der Waals surface area contributed by atoms with E-state index >= 15 is 0 Å². The largest absolute Gasteiger partial charge is 0.484 e. The van der Waals surface area contributed by atoms with Crippen LogP contribution in [0.5, 0.6) is 5.75 Å². The second-order valence-corrected chi connectivity index (χ2v) is 6.16. The van der Waals surface area contributed by atoms with Crippen LogP contribution in [0.1, 0.15) is 12.5 Å². The lowest BCUT2D eigenvalue weighted by Crippen LogP contribution is -2.22. The molecule has 1 N–H and O–H groups in total. The van der Waals surface area contributed by atoms with Crippen molar-refractivity contribution < 1.29 is 18.3 Å². The third-order valence-corrected chi connectivity index (χ3v) is 4.01. The molecule has 0 bridgehead atoms. The van der Waals surface area contributed by atoms with E-state index in [1.165, 1.54) is 18.2 Å². The second-order valence-electron chi connectivity index (χ2n) is 6.16. The van der Waals surface area contributed by atoms with Gasteiger partial charge in [-0.15, -0.1) is 0 Å². The predicted molar refractivity (Wildman–Crippen MR) is 102 cm³/mol. The van der Waals surface area contributed by atoms with E-state index in [1.54, 1.807) is 18.2 Å². The average molecular weight is 367 g/mol. The number of benzene rings is 3. The smallest absolute Gasteiger partial charge is 0.272 e. The van der Waals surface area contributed by atoms with Gasteiger partial charge < -0.3 is 10.1 Å². The summed E-state index contributed by atoms with van der Waals surface area (Å²) in [5.74, 6) is -3.02. The molecule has 0 unspecified atom stereocenters. The maximum atomic E-state index is 13.6. The number of nitrogens with one attached hydrogen (secondary N) is 1. The normalized spacial score (nSPS) is 11.1. The minimum atomic E-state index is -3.04. The summed E-state index contributed by atoms with van der Waals surface area (Å²) in [6.45, 7) is 0.525. The quantitative estimate of drug-likeness (QED) is 0.626. The highest BCUT2D eigenvalue weighted by Gasteiger charge is 2.27. The molecule has 0 saturated heterocycles. The lowest BCUT2D eigenvalue weighted by molar-refractivity contribution is -0.118.